The van der Waals surface area contributed by atoms with Gasteiger partial charge in [0.15, 0.2) is 11.6 Å². The first-order valence-electron chi connectivity index (χ1n) is 5.10. The van der Waals surface area contributed by atoms with Gasteiger partial charge in [-0.1, -0.05) is 12.1 Å². The summed E-state index contributed by atoms with van der Waals surface area (Å²) in [6.07, 6.45) is 7.23. The van der Waals surface area contributed by atoms with Crippen molar-refractivity contribution < 1.29 is 9.13 Å². The second kappa shape index (κ2) is 5.13. The fourth-order valence-electron chi connectivity index (χ4n) is 1.37. The molecule has 0 amide bonds. The number of nitrogens with zero attached hydrogens (tertiary/aromatic N) is 1. The number of benzene rings is 1. The van der Waals surface area contributed by atoms with Gasteiger partial charge < -0.3 is 4.74 Å². The van der Waals surface area contributed by atoms with Crippen molar-refractivity contribution in [2.24, 2.45) is 0 Å². The fraction of sp³-hybridized carbons (Fsp3) is 0.0714. The first-order chi connectivity index (χ1) is 8.29. The molecule has 2 aromatic rings. The number of terminal acetylenes is 1. The van der Waals surface area contributed by atoms with Gasteiger partial charge in [-0.25, -0.2) is 9.37 Å². The van der Waals surface area contributed by atoms with Crippen LogP contribution in [-0.2, 0) is 6.42 Å². The summed E-state index contributed by atoms with van der Waals surface area (Å²) in [5.41, 5.74) is 0.833. The van der Waals surface area contributed by atoms with Gasteiger partial charge in [0.1, 0.15) is 0 Å². The maximum Gasteiger partial charge on any atom is 0.219 e. The van der Waals surface area contributed by atoms with Gasteiger partial charge in [-0.15, -0.1) is 12.3 Å². The van der Waals surface area contributed by atoms with Gasteiger partial charge in [0.2, 0.25) is 5.88 Å². The van der Waals surface area contributed by atoms with E-state index < -0.39 is 5.82 Å². The molecule has 0 aliphatic carbocycles. The van der Waals surface area contributed by atoms with Crippen molar-refractivity contribution in [1.82, 2.24) is 4.98 Å². The van der Waals surface area contributed by atoms with Crippen molar-refractivity contribution in [3.05, 3.63) is 54.0 Å². The van der Waals surface area contributed by atoms with Crippen LogP contribution in [0.4, 0.5) is 4.39 Å². The highest BCUT2D eigenvalue weighted by atomic mass is 19.1. The Kier molecular flexibility index (Phi) is 3.37. The molecular formula is C14H10FNO. The Balaban J connectivity index is 2.26. The summed E-state index contributed by atoms with van der Waals surface area (Å²) in [6, 6.07) is 9.76. The third-order valence-corrected chi connectivity index (χ3v) is 2.15. The predicted octanol–water partition coefficient (Wildman–Crippen LogP) is 3.19. The Morgan fingerprint density at radius 1 is 1.29 bits per heavy atom. The van der Waals surface area contributed by atoms with Crippen LogP contribution < -0.4 is 4.74 Å². The number of aromatic nitrogens is 1. The van der Waals surface area contributed by atoms with Gasteiger partial charge in [-0.2, -0.15) is 0 Å². The molecule has 2 nitrogen and oxygen atoms in total. The van der Waals surface area contributed by atoms with Crippen molar-refractivity contribution in [2.45, 2.75) is 6.42 Å². The van der Waals surface area contributed by atoms with Crippen LogP contribution in [-0.4, -0.2) is 4.98 Å². The van der Waals surface area contributed by atoms with E-state index in [0.29, 0.717) is 12.3 Å². The molecule has 3 heteroatoms. The maximum absolute atomic E-state index is 13.5. The van der Waals surface area contributed by atoms with E-state index >= 15 is 0 Å². The summed E-state index contributed by atoms with van der Waals surface area (Å²) in [5.74, 6) is 2.55. The van der Waals surface area contributed by atoms with E-state index in [1.807, 2.05) is 0 Å². The summed E-state index contributed by atoms with van der Waals surface area (Å²) in [5, 5.41) is 0. The second-order valence-electron chi connectivity index (χ2n) is 3.42. The molecule has 1 aromatic carbocycles. The molecule has 0 saturated heterocycles. The largest absolute Gasteiger partial charge is 0.436 e. The van der Waals surface area contributed by atoms with Crippen molar-refractivity contribution in [3.63, 3.8) is 0 Å². The van der Waals surface area contributed by atoms with E-state index in [9.17, 15) is 4.39 Å². The van der Waals surface area contributed by atoms with E-state index in [4.69, 9.17) is 11.2 Å². The molecule has 0 unspecified atom stereocenters. The van der Waals surface area contributed by atoms with Crippen LogP contribution in [0, 0.1) is 18.2 Å². The lowest BCUT2D eigenvalue weighted by molar-refractivity contribution is 0.427. The molecular weight excluding hydrogens is 217 g/mol. The van der Waals surface area contributed by atoms with Crippen LogP contribution >= 0.6 is 0 Å². The molecule has 0 fully saturated rings. The SMILES string of the molecule is C#CCc1ccc(F)c(Oc2ccccn2)c1. The minimum atomic E-state index is -0.434. The number of rotatable bonds is 3. The molecule has 0 radical (unpaired) electrons. The third-order valence-electron chi connectivity index (χ3n) is 2.15. The van der Waals surface area contributed by atoms with Crippen LogP contribution in [0.15, 0.2) is 42.6 Å². The Morgan fingerprint density at radius 3 is 2.88 bits per heavy atom. The Morgan fingerprint density at radius 2 is 2.18 bits per heavy atom. The third kappa shape index (κ3) is 2.82. The summed E-state index contributed by atoms with van der Waals surface area (Å²) in [7, 11) is 0. The van der Waals surface area contributed by atoms with Gasteiger partial charge in [0, 0.05) is 18.7 Å². The molecule has 0 spiro atoms. The number of hydrogen-bond donors (Lipinski definition) is 0. The molecule has 0 saturated carbocycles. The number of pyridine rings is 1. The molecule has 0 N–H and O–H groups in total. The molecule has 0 atom stereocenters. The van der Waals surface area contributed by atoms with Crippen molar-refractivity contribution >= 4 is 0 Å². The van der Waals surface area contributed by atoms with E-state index in [1.54, 1.807) is 36.5 Å². The average Bonchev–Trinajstić information content (AvgIpc) is 2.35. The fourth-order valence-corrected chi connectivity index (χ4v) is 1.37. The summed E-state index contributed by atoms with van der Waals surface area (Å²) in [6.45, 7) is 0. The second-order valence-corrected chi connectivity index (χ2v) is 3.42. The van der Waals surface area contributed by atoms with Gasteiger partial charge >= 0.3 is 0 Å². The molecule has 0 aliphatic heterocycles. The maximum atomic E-state index is 13.5. The topological polar surface area (TPSA) is 22.1 Å². The average molecular weight is 227 g/mol. The summed E-state index contributed by atoms with van der Waals surface area (Å²) >= 11 is 0. The van der Waals surface area contributed by atoms with Gasteiger partial charge in [-0.05, 0) is 23.8 Å². The monoisotopic (exact) mass is 227 g/mol. The smallest absolute Gasteiger partial charge is 0.219 e. The highest BCUT2D eigenvalue weighted by molar-refractivity contribution is 5.34. The first kappa shape index (κ1) is 11.2. The number of hydrogen-bond acceptors (Lipinski definition) is 2. The molecule has 84 valence electrons. The molecule has 2 rings (SSSR count). The normalized spacial score (nSPS) is 9.65. The van der Waals surface area contributed by atoms with Crippen LogP contribution in [0.5, 0.6) is 11.6 Å². The van der Waals surface area contributed by atoms with Crippen LogP contribution in [0.1, 0.15) is 5.56 Å². The quantitative estimate of drug-likeness (QED) is 0.751. The van der Waals surface area contributed by atoms with Crippen molar-refractivity contribution in [1.29, 1.82) is 0 Å². The number of ether oxygens (including phenoxy) is 1. The van der Waals surface area contributed by atoms with Gasteiger partial charge in [-0.3, -0.25) is 0 Å². The zero-order valence-corrected chi connectivity index (χ0v) is 9.06. The lowest BCUT2D eigenvalue weighted by Crippen LogP contribution is -1.92. The van der Waals surface area contributed by atoms with E-state index in [-0.39, 0.29) is 5.75 Å². The zero-order valence-electron chi connectivity index (χ0n) is 9.06. The van der Waals surface area contributed by atoms with Crippen LogP contribution in [0.2, 0.25) is 0 Å². The Labute approximate surface area is 99.1 Å². The Hall–Kier alpha value is -2.34. The number of halogens is 1. The minimum Gasteiger partial charge on any atom is -0.436 e. The summed E-state index contributed by atoms with van der Waals surface area (Å²) in [4.78, 5) is 3.96. The first-order valence-corrected chi connectivity index (χ1v) is 5.10. The highest BCUT2D eigenvalue weighted by Gasteiger charge is 2.06. The molecule has 0 bridgehead atoms. The van der Waals surface area contributed by atoms with E-state index in [0.717, 1.165) is 5.56 Å². The van der Waals surface area contributed by atoms with Crippen LogP contribution in [0.3, 0.4) is 0 Å². The van der Waals surface area contributed by atoms with Crippen LogP contribution in [0.25, 0.3) is 0 Å². The highest BCUT2D eigenvalue weighted by Crippen LogP contribution is 2.24. The van der Waals surface area contributed by atoms with E-state index in [1.165, 1.54) is 6.07 Å². The van der Waals surface area contributed by atoms with Gasteiger partial charge in [0.05, 0.1) is 0 Å². The minimum absolute atomic E-state index is 0.136. The standard InChI is InChI=1S/C14H10FNO/c1-2-5-11-7-8-12(15)13(10-11)17-14-6-3-4-9-16-14/h1,3-4,6-10H,5H2. The Bertz CT molecular complexity index is 546. The molecule has 1 heterocycles. The lowest BCUT2D eigenvalue weighted by atomic mass is 10.1. The summed E-state index contributed by atoms with van der Waals surface area (Å²) < 4.78 is 18.8. The molecule has 0 aliphatic rings. The molecule has 17 heavy (non-hydrogen) atoms. The van der Waals surface area contributed by atoms with E-state index in [2.05, 4.69) is 10.9 Å². The van der Waals surface area contributed by atoms with Crippen molar-refractivity contribution in [3.8, 4) is 24.0 Å². The van der Waals surface area contributed by atoms with Gasteiger partial charge in [0.25, 0.3) is 0 Å². The molecule has 1 aromatic heterocycles. The van der Waals surface area contributed by atoms with Crippen molar-refractivity contribution in [2.75, 3.05) is 0 Å². The predicted molar refractivity (Wildman–Crippen MR) is 63.2 cm³/mol. The zero-order chi connectivity index (χ0) is 12.1. The lowest BCUT2D eigenvalue weighted by Gasteiger charge is -2.06.